The third-order valence-electron chi connectivity index (χ3n) is 6.32. The zero-order valence-electron chi connectivity index (χ0n) is 20.1. The lowest BCUT2D eigenvalue weighted by molar-refractivity contribution is -0.142. The fourth-order valence-electron chi connectivity index (χ4n) is 4.37. The van der Waals surface area contributed by atoms with Crippen LogP contribution in [-0.4, -0.2) is 48.3 Å². The van der Waals surface area contributed by atoms with Crippen LogP contribution in [0.25, 0.3) is 0 Å². The molecule has 1 heterocycles. The van der Waals surface area contributed by atoms with Crippen LogP contribution in [0.1, 0.15) is 55.5 Å². The van der Waals surface area contributed by atoms with Gasteiger partial charge in [0, 0.05) is 25.9 Å². The summed E-state index contributed by atoms with van der Waals surface area (Å²) < 4.78 is 0. The Hall–Kier alpha value is -2.66. The van der Waals surface area contributed by atoms with Gasteiger partial charge in [0.25, 0.3) is 0 Å². The topological polar surface area (TPSA) is 52.7 Å². The second kappa shape index (κ2) is 10.8. The van der Waals surface area contributed by atoms with Crippen molar-refractivity contribution in [1.29, 1.82) is 0 Å². The van der Waals surface area contributed by atoms with E-state index in [2.05, 4.69) is 53.5 Å². The zero-order chi connectivity index (χ0) is 23.3. The first kappa shape index (κ1) is 24.0. The maximum Gasteiger partial charge on any atom is 0.243 e. The molecule has 0 fully saturated rings. The van der Waals surface area contributed by atoms with Gasteiger partial charge in [-0.25, -0.2) is 0 Å². The van der Waals surface area contributed by atoms with Crippen LogP contribution in [0.5, 0.6) is 0 Å². The minimum Gasteiger partial charge on any atom is -0.352 e. The highest BCUT2D eigenvalue weighted by Gasteiger charge is 2.34. The van der Waals surface area contributed by atoms with Crippen LogP contribution in [0, 0.1) is 5.92 Å². The Morgan fingerprint density at radius 2 is 1.72 bits per heavy atom. The van der Waals surface area contributed by atoms with E-state index >= 15 is 0 Å². The molecule has 0 saturated heterocycles. The molecule has 2 atom stereocenters. The van der Waals surface area contributed by atoms with Gasteiger partial charge >= 0.3 is 0 Å². The summed E-state index contributed by atoms with van der Waals surface area (Å²) in [5.41, 5.74) is 4.76. The van der Waals surface area contributed by atoms with Gasteiger partial charge in [-0.2, -0.15) is 0 Å². The zero-order valence-corrected chi connectivity index (χ0v) is 20.1. The van der Waals surface area contributed by atoms with E-state index in [1.807, 2.05) is 40.1 Å². The number of hydrogen-bond donors (Lipinski definition) is 1. The molecule has 3 rings (SSSR count). The largest absolute Gasteiger partial charge is 0.352 e. The summed E-state index contributed by atoms with van der Waals surface area (Å²) >= 11 is 0. The molecule has 1 aliphatic heterocycles. The van der Waals surface area contributed by atoms with Gasteiger partial charge in [0.2, 0.25) is 11.8 Å². The van der Waals surface area contributed by atoms with Gasteiger partial charge in [-0.15, -0.1) is 0 Å². The summed E-state index contributed by atoms with van der Waals surface area (Å²) in [6.45, 7) is 7.22. The van der Waals surface area contributed by atoms with Crippen LogP contribution < -0.4 is 5.32 Å². The highest BCUT2D eigenvalue weighted by atomic mass is 16.2. The molecule has 5 heteroatoms. The van der Waals surface area contributed by atoms with Crippen molar-refractivity contribution >= 4 is 11.8 Å². The number of benzene rings is 2. The number of fused-ring (bicyclic) bond motifs is 1. The van der Waals surface area contributed by atoms with E-state index < -0.39 is 6.04 Å². The average Bonchev–Trinajstić information content (AvgIpc) is 2.78. The number of likely N-dealkylation sites (N-methyl/N-ethyl adjacent to an activating group) is 1. The molecule has 1 N–H and O–H groups in total. The summed E-state index contributed by atoms with van der Waals surface area (Å²) in [7, 11) is 4.06. The van der Waals surface area contributed by atoms with E-state index in [1.165, 1.54) is 11.1 Å². The molecule has 172 valence electrons. The first-order valence-electron chi connectivity index (χ1n) is 11.7. The van der Waals surface area contributed by atoms with Gasteiger partial charge in [0.15, 0.2) is 0 Å². The fraction of sp³-hybridized carbons (Fsp3) is 0.481. The third-order valence-corrected chi connectivity index (χ3v) is 6.32. The Kier molecular flexibility index (Phi) is 8.08. The standard InChI is InChI=1S/C27H37N3O2/c1-6-20-11-13-21(14-12-20)25(29(4)5)17-28-27(32)24-16-22-9-7-8-10-23(22)18-30(24)26(31)15-19(2)3/h7-14,19,24-25H,6,15-18H2,1-5H3,(H,28,32). The van der Waals surface area contributed by atoms with E-state index in [4.69, 9.17) is 0 Å². The fourth-order valence-corrected chi connectivity index (χ4v) is 4.37. The van der Waals surface area contributed by atoms with Gasteiger partial charge in [-0.3, -0.25) is 9.59 Å². The van der Waals surface area contributed by atoms with Gasteiger partial charge < -0.3 is 15.1 Å². The van der Waals surface area contributed by atoms with Crippen LogP contribution in [0.4, 0.5) is 0 Å². The summed E-state index contributed by atoms with van der Waals surface area (Å²) in [5.74, 6) is 0.232. The third kappa shape index (κ3) is 5.77. The lowest BCUT2D eigenvalue weighted by Crippen LogP contribution is -2.53. The van der Waals surface area contributed by atoms with Gasteiger partial charge in [-0.05, 0) is 48.7 Å². The SMILES string of the molecule is CCc1ccc(C(CNC(=O)C2Cc3ccccc3CN2C(=O)CC(C)C)N(C)C)cc1. The van der Waals surface area contributed by atoms with Crippen LogP contribution in [0.3, 0.4) is 0 Å². The molecule has 0 radical (unpaired) electrons. The van der Waals surface area contributed by atoms with Crippen molar-refractivity contribution in [2.24, 2.45) is 5.92 Å². The predicted molar refractivity (Wildman–Crippen MR) is 129 cm³/mol. The van der Waals surface area contributed by atoms with Crippen molar-refractivity contribution < 1.29 is 9.59 Å². The quantitative estimate of drug-likeness (QED) is 0.683. The Balaban J connectivity index is 1.75. The molecule has 2 aromatic rings. The first-order chi connectivity index (χ1) is 15.3. The molecule has 2 aromatic carbocycles. The number of nitrogens with one attached hydrogen (secondary N) is 1. The summed E-state index contributed by atoms with van der Waals surface area (Å²) in [6.07, 6.45) is 2.02. The van der Waals surface area contributed by atoms with Crippen molar-refractivity contribution in [1.82, 2.24) is 15.1 Å². The van der Waals surface area contributed by atoms with Gasteiger partial charge in [0.1, 0.15) is 6.04 Å². The summed E-state index contributed by atoms with van der Waals surface area (Å²) in [6, 6.07) is 16.3. The number of carbonyl (C=O) groups excluding carboxylic acids is 2. The van der Waals surface area contributed by atoms with Crippen molar-refractivity contribution in [2.75, 3.05) is 20.6 Å². The first-order valence-corrected chi connectivity index (χ1v) is 11.7. The summed E-state index contributed by atoms with van der Waals surface area (Å²) in [5, 5.41) is 3.16. The Bertz CT molecular complexity index is 921. The predicted octanol–water partition coefficient (Wildman–Crippen LogP) is 3.97. The lowest BCUT2D eigenvalue weighted by Gasteiger charge is -2.37. The molecule has 0 bridgehead atoms. The average molecular weight is 436 g/mol. The van der Waals surface area contributed by atoms with E-state index in [-0.39, 0.29) is 23.8 Å². The van der Waals surface area contributed by atoms with Gasteiger partial charge in [-0.1, -0.05) is 69.3 Å². The second-order valence-corrected chi connectivity index (χ2v) is 9.43. The number of nitrogens with zero attached hydrogens (tertiary/aromatic N) is 2. The van der Waals surface area contributed by atoms with E-state index in [9.17, 15) is 9.59 Å². The highest BCUT2D eigenvalue weighted by Crippen LogP contribution is 2.25. The molecule has 0 saturated carbocycles. The lowest BCUT2D eigenvalue weighted by atomic mass is 9.92. The van der Waals surface area contributed by atoms with Crippen molar-refractivity contribution in [3.05, 3.63) is 70.8 Å². The molecule has 2 amide bonds. The number of amides is 2. The highest BCUT2D eigenvalue weighted by molar-refractivity contribution is 5.88. The second-order valence-electron chi connectivity index (χ2n) is 9.43. The minimum atomic E-state index is -0.471. The summed E-state index contributed by atoms with van der Waals surface area (Å²) in [4.78, 5) is 30.2. The van der Waals surface area contributed by atoms with E-state index in [1.54, 1.807) is 4.90 Å². The van der Waals surface area contributed by atoms with Crippen LogP contribution in [-0.2, 0) is 29.0 Å². The molecular formula is C27H37N3O2. The number of carbonyl (C=O) groups is 2. The molecule has 0 aromatic heterocycles. The monoisotopic (exact) mass is 435 g/mol. The van der Waals surface area contributed by atoms with Crippen molar-refractivity contribution in [2.45, 2.75) is 58.7 Å². The van der Waals surface area contributed by atoms with Crippen LogP contribution >= 0.6 is 0 Å². The number of aryl methyl sites for hydroxylation is 1. The molecule has 0 spiro atoms. The molecule has 1 aliphatic rings. The maximum absolute atomic E-state index is 13.3. The Labute approximate surface area is 192 Å². The molecule has 5 nitrogen and oxygen atoms in total. The minimum absolute atomic E-state index is 0.0500. The van der Waals surface area contributed by atoms with Crippen molar-refractivity contribution in [3.8, 4) is 0 Å². The van der Waals surface area contributed by atoms with Crippen molar-refractivity contribution in [3.63, 3.8) is 0 Å². The maximum atomic E-state index is 13.3. The smallest absolute Gasteiger partial charge is 0.243 e. The molecular weight excluding hydrogens is 398 g/mol. The molecule has 2 unspecified atom stereocenters. The van der Waals surface area contributed by atoms with Crippen LogP contribution in [0.15, 0.2) is 48.5 Å². The Morgan fingerprint density at radius 1 is 1.06 bits per heavy atom. The van der Waals surface area contributed by atoms with E-state index in [0.29, 0.717) is 25.9 Å². The molecule has 0 aliphatic carbocycles. The normalized spacial score (nSPS) is 16.7. The number of rotatable bonds is 8. The number of hydrogen-bond acceptors (Lipinski definition) is 3. The molecule has 32 heavy (non-hydrogen) atoms. The Morgan fingerprint density at radius 3 is 2.31 bits per heavy atom. The van der Waals surface area contributed by atoms with Gasteiger partial charge in [0.05, 0.1) is 6.04 Å². The van der Waals surface area contributed by atoms with E-state index in [0.717, 1.165) is 17.5 Å². The van der Waals surface area contributed by atoms with Crippen LogP contribution in [0.2, 0.25) is 0 Å².